The zero-order valence-electron chi connectivity index (χ0n) is 11.0. The van der Waals surface area contributed by atoms with Crippen LogP contribution in [0.5, 0.6) is 0 Å². The molecule has 0 aromatic carbocycles. The SMILES string of the molecule is CC(C)NCCCNCc1n[nH]c2c1CCC2. The molecule has 0 saturated heterocycles. The van der Waals surface area contributed by atoms with E-state index >= 15 is 0 Å². The number of nitrogens with one attached hydrogen (secondary N) is 3. The van der Waals surface area contributed by atoms with E-state index in [9.17, 15) is 0 Å². The molecule has 1 aromatic rings. The number of hydrogen-bond acceptors (Lipinski definition) is 3. The van der Waals surface area contributed by atoms with Gasteiger partial charge in [0.1, 0.15) is 0 Å². The van der Waals surface area contributed by atoms with Crippen molar-refractivity contribution in [2.75, 3.05) is 13.1 Å². The predicted octanol–water partition coefficient (Wildman–Crippen LogP) is 1.38. The summed E-state index contributed by atoms with van der Waals surface area (Å²) in [5.41, 5.74) is 4.07. The molecule has 0 fully saturated rings. The molecule has 0 spiro atoms. The standard InChI is InChI=1S/C13H24N4/c1-10(2)15-8-4-7-14-9-13-11-5-3-6-12(11)16-17-13/h10,14-15H,3-9H2,1-2H3,(H,16,17). The van der Waals surface area contributed by atoms with E-state index < -0.39 is 0 Å². The lowest BCUT2D eigenvalue weighted by Gasteiger charge is -2.08. The smallest absolute Gasteiger partial charge is 0.0794 e. The first-order valence-corrected chi connectivity index (χ1v) is 6.76. The summed E-state index contributed by atoms with van der Waals surface area (Å²) >= 11 is 0. The van der Waals surface area contributed by atoms with Crippen molar-refractivity contribution >= 4 is 0 Å². The minimum atomic E-state index is 0.588. The van der Waals surface area contributed by atoms with Crippen LogP contribution in [0.3, 0.4) is 0 Å². The fourth-order valence-electron chi connectivity index (χ4n) is 2.35. The van der Waals surface area contributed by atoms with Crippen LogP contribution < -0.4 is 10.6 Å². The molecule has 3 N–H and O–H groups in total. The Labute approximate surface area is 104 Å². The molecule has 17 heavy (non-hydrogen) atoms. The molecular formula is C13H24N4. The van der Waals surface area contributed by atoms with E-state index in [1.165, 1.54) is 42.6 Å². The topological polar surface area (TPSA) is 52.7 Å². The van der Waals surface area contributed by atoms with Gasteiger partial charge in [-0.05, 0) is 44.3 Å². The Morgan fingerprint density at radius 2 is 2.18 bits per heavy atom. The molecule has 0 aliphatic heterocycles. The van der Waals surface area contributed by atoms with Gasteiger partial charge in [0.25, 0.3) is 0 Å². The number of aromatic nitrogens is 2. The van der Waals surface area contributed by atoms with Crippen LogP contribution in [0.15, 0.2) is 0 Å². The summed E-state index contributed by atoms with van der Waals surface area (Å²) in [5, 5.41) is 14.4. The molecule has 0 bridgehead atoms. The molecule has 0 radical (unpaired) electrons. The number of H-pyrrole nitrogens is 1. The molecule has 0 saturated carbocycles. The Bertz CT molecular complexity index is 343. The van der Waals surface area contributed by atoms with Gasteiger partial charge in [0, 0.05) is 18.3 Å². The fraction of sp³-hybridized carbons (Fsp3) is 0.769. The monoisotopic (exact) mass is 236 g/mol. The normalized spacial score (nSPS) is 14.5. The second-order valence-electron chi connectivity index (χ2n) is 5.12. The number of fused-ring (bicyclic) bond motifs is 1. The van der Waals surface area contributed by atoms with Gasteiger partial charge in [0.05, 0.1) is 5.69 Å². The van der Waals surface area contributed by atoms with Crippen molar-refractivity contribution < 1.29 is 0 Å². The second kappa shape index (κ2) is 6.17. The molecular weight excluding hydrogens is 212 g/mol. The van der Waals surface area contributed by atoms with Gasteiger partial charge in [-0.15, -0.1) is 0 Å². The molecule has 1 aliphatic carbocycles. The molecule has 4 heteroatoms. The van der Waals surface area contributed by atoms with Gasteiger partial charge in [-0.3, -0.25) is 5.10 Å². The maximum absolute atomic E-state index is 4.38. The van der Waals surface area contributed by atoms with Crippen LogP contribution in [0.4, 0.5) is 0 Å². The Kier molecular flexibility index (Phi) is 4.57. The van der Waals surface area contributed by atoms with Crippen LogP contribution in [0, 0.1) is 0 Å². The van der Waals surface area contributed by atoms with Crippen molar-refractivity contribution in [2.45, 2.75) is 52.1 Å². The molecule has 1 aromatic heterocycles. The lowest BCUT2D eigenvalue weighted by Crippen LogP contribution is -2.26. The van der Waals surface area contributed by atoms with Crippen molar-refractivity contribution in [3.05, 3.63) is 17.0 Å². The lowest BCUT2D eigenvalue weighted by molar-refractivity contribution is 0.545. The first-order chi connectivity index (χ1) is 8.27. The molecule has 96 valence electrons. The third kappa shape index (κ3) is 3.54. The van der Waals surface area contributed by atoms with E-state index in [-0.39, 0.29) is 0 Å². The first-order valence-electron chi connectivity index (χ1n) is 6.76. The van der Waals surface area contributed by atoms with Gasteiger partial charge < -0.3 is 10.6 Å². The van der Waals surface area contributed by atoms with Crippen molar-refractivity contribution in [2.24, 2.45) is 0 Å². The molecule has 0 unspecified atom stereocenters. The van der Waals surface area contributed by atoms with Crippen molar-refractivity contribution in [1.29, 1.82) is 0 Å². The Morgan fingerprint density at radius 3 is 3.00 bits per heavy atom. The van der Waals surface area contributed by atoms with Crippen LogP contribution in [0.1, 0.15) is 43.6 Å². The summed E-state index contributed by atoms with van der Waals surface area (Å²) in [7, 11) is 0. The van der Waals surface area contributed by atoms with Crippen LogP contribution in [0.2, 0.25) is 0 Å². The van der Waals surface area contributed by atoms with E-state index in [1.54, 1.807) is 0 Å². The predicted molar refractivity (Wildman–Crippen MR) is 70.1 cm³/mol. The zero-order valence-corrected chi connectivity index (χ0v) is 11.0. The molecule has 4 nitrogen and oxygen atoms in total. The Hall–Kier alpha value is -0.870. The molecule has 2 rings (SSSR count). The average molecular weight is 236 g/mol. The fourth-order valence-corrected chi connectivity index (χ4v) is 2.35. The van der Waals surface area contributed by atoms with Crippen molar-refractivity contribution in [3.63, 3.8) is 0 Å². The van der Waals surface area contributed by atoms with E-state index in [0.29, 0.717) is 6.04 Å². The number of rotatable bonds is 7. The van der Waals surface area contributed by atoms with E-state index in [2.05, 4.69) is 34.7 Å². The summed E-state index contributed by atoms with van der Waals surface area (Å²) in [6, 6.07) is 0.588. The maximum atomic E-state index is 4.38. The Balaban J connectivity index is 1.62. The second-order valence-corrected chi connectivity index (χ2v) is 5.12. The van der Waals surface area contributed by atoms with E-state index in [0.717, 1.165) is 19.6 Å². The molecule has 1 heterocycles. The summed E-state index contributed by atoms with van der Waals surface area (Å²) in [5.74, 6) is 0. The number of aryl methyl sites for hydroxylation is 1. The molecule has 1 aliphatic rings. The highest BCUT2D eigenvalue weighted by molar-refractivity contribution is 5.29. The minimum absolute atomic E-state index is 0.588. The summed E-state index contributed by atoms with van der Waals surface area (Å²) < 4.78 is 0. The van der Waals surface area contributed by atoms with Crippen molar-refractivity contribution in [3.8, 4) is 0 Å². The van der Waals surface area contributed by atoms with Crippen molar-refractivity contribution in [1.82, 2.24) is 20.8 Å². The largest absolute Gasteiger partial charge is 0.314 e. The summed E-state index contributed by atoms with van der Waals surface area (Å²) in [6.07, 6.45) is 4.85. The van der Waals surface area contributed by atoms with Gasteiger partial charge in [-0.2, -0.15) is 5.10 Å². The number of nitrogens with zero attached hydrogens (tertiary/aromatic N) is 1. The maximum Gasteiger partial charge on any atom is 0.0794 e. The highest BCUT2D eigenvalue weighted by Crippen LogP contribution is 2.22. The van der Waals surface area contributed by atoms with Crippen LogP contribution >= 0.6 is 0 Å². The Morgan fingerprint density at radius 1 is 1.29 bits per heavy atom. The highest BCUT2D eigenvalue weighted by Gasteiger charge is 2.17. The average Bonchev–Trinajstić information content (AvgIpc) is 2.86. The number of aromatic amines is 1. The third-order valence-corrected chi connectivity index (χ3v) is 3.27. The van der Waals surface area contributed by atoms with Gasteiger partial charge in [0.2, 0.25) is 0 Å². The van der Waals surface area contributed by atoms with Gasteiger partial charge in [-0.25, -0.2) is 0 Å². The van der Waals surface area contributed by atoms with E-state index in [4.69, 9.17) is 0 Å². The highest BCUT2D eigenvalue weighted by atomic mass is 15.1. The van der Waals surface area contributed by atoms with Gasteiger partial charge in [-0.1, -0.05) is 13.8 Å². The third-order valence-electron chi connectivity index (χ3n) is 3.27. The van der Waals surface area contributed by atoms with E-state index in [1.807, 2.05) is 0 Å². The quantitative estimate of drug-likeness (QED) is 0.627. The minimum Gasteiger partial charge on any atom is -0.314 e. The lowest BCUT2D eigenvalue weighted by atomic mass is 10.2. The van der Waals surface area contributed by atoms with Crippen LogP contribution in [0.25, 0.3) is 0 Å². The molecule has 0 atom stereocenters. The number of hydrogen-bond donors (Lipinski definition) is 3. The zero-order chi connectivity index (χ0) is 12.1. The summed E-state index contributed by atoms with van der Waals surface area (Å²) in [6.45, 7) is 7.42. The molecule has 0 amide bonds. The summed E-state index contributed by atoms with van der Waals surface area (Å²) in [4.78, 5) is 0. The van der Waals surface area contributed by atoms with Gasteiger partial charge in [0.15, 0.2) is 0 Å². The van der Waals surface area contributed by atoms with Gasteiger partial charge >= 0.3 is 0 Å². The van der Waals surface area contributed by atoms with Crippen LogP contribution in [-0.4, -0.2) is 29.3 Å². The van der Waals surface area contributed by atoms with Crippen LogP contribution in [-0.2, 0) is 19.4 Å². The first kappa shape index (κ1) is 12.6.